The second kappa shape index (κ2) is 11.0. The molecule has 1 amide bonds. The molecule has 0 aliphatic heterocycles. The molecule has 0 spiro atoms. The molecule has 33 heavy (non-hydrogen) atoms. The van der Waals surface area contributed by atoms with Gasteiger partial charge in [-0.15, -0.1) is 0 Å². The number of nitrogens with one attached hydrogen (secondary N) is 1. The van der Waals surface area contributed by atoms with Crippen molar-refractivity contribution in [2.45, 2.75) is 0 Å². The van der Waals surface area contributed by atoms with Gasteiger partial charge in [0.2, 0.25) is 0 Å². The molecule has 0 fully saturated rings. The number of nitrogens with zero attached hydrogens (tertiary/aromatic N) is 1. The Kier molecular flexibility index (Phi) is 7.36. The summed E-state index contributed by atoms with van der Waals surface area (Å²) in [6.45, 7) is -0.0999. The van der Waals surface area contributed by atoms with Gasteiger partial charge in [-0.25, -0.2) is 0 Å². The number of rotatable bonds is 8. The van der Waals surface area contributed by atoms with Crippen LogP contribution in [0.25, 0.3) is 0 Å². The zero-order valence-corrected chi connectivity index (χ0v) is 18.4. The van der Waals surface area contributed by atoms with Crippen LogP contribution in [0.3, 0.4) is 0 Å². The molecule has 4 rings (SSSR count). The van der Waals surface area contributed by atoms with E-state index in [-0.39, 0.29) is 12.5 Å². The van der Waals surface area contributed by atoms with Gasteiger partial charge in [0.25, 0.3) is 5.91 Å². The number of anilines is 1. The predicted octanol–water partition coefficient (Wildman–Crippen LogP) is 6.90. The van der Waals surface area contributed by atoms with E-state index in [4.69, 9.17) is 21.1 Å². The Balaban J connectivity index is 1.27. The molecule has 0 unspecified atom stereocenters. The molecule has 0 aromatic heterocycles. The number of aliphatic imine (C=N–C) groups is 1. The summed E-state index contributed by atoms with van der Waals surface area (Å²) < 4.78 is 11.3. The maximum atomic E-state index is 12.0. The number of hydrogen-bond donors (Lipinski definition) is 1. The zero-order chi connectivity index (χ0) is 22.9. The van der Waals surface area contributed by atoms with Gasteiger partial charge in [0.1, 0.15) is 17.2 Å². The highest BCUT2D eigenvalue weighted by Crippen LogP contribution is 2.24. The molecule has 6 heteroatoms. The van der Waals surface area contributed by atoms with Crippen molar-refractivity contribution < 1.29 is 14.3 Å². The Morgan fingerprint density at radius 3 is 2.24 bits per heavy atom. The first-order chi connectivity index (χ1) is 16.1. The molecule has 0 saturated heterocycles. The Morgan fingerprint density at radius 2 is 1.52 bits per heavy atom. The van der Waals surface area contributed by atoms with Crippen molar-refractivity contribution in [2.24, 2.45) is 4.99 Å². The third-order valence-corrected chi connectivity index (χ3v) is 4.77. The summed E-state index contributed by atoms with van der Waals surface area (Å²) in [5.74, 6) is 1.87. The Hall–Kier alpha value is -4.09. The zero-order valence-electron chi connectivity index (χ0n) is 17.6. The number of para-hydroxylation sites is 1. The number of halogens is 1. The highest BCUT2D eigenvalue weighted by molar-refractivity contribution is 6.30. The van der Waals surface area contributed by atoms with Crippen LogP contribution in [0.4, 0.5) is 11.4 Å². The third kappa shape index (κ3) is 6.95. The molecule has 164 valence electrons. The minimum absolute atomic E-state index is 0.0999. The fourth-order valence-corrected chi connectivity index (χ4v) is 3.13. The summed E-state index contributed by atoms with van der Waals surface area (Å²) in [5.41, 5.74) is 2.35. The number of benzene rings is 4. The van der Waals surface area contributed by atoms with Crippen LogP contribution in [0.1, 0.15) is 5.56 Å². The standard InChI is InChI=1S/C27H21ClN2O3/c28-21-5-4-6-23(17-21)30-27(31)19-32-24-13-9-20(10-14-24)18-29-22-11-15-26(16-12-22)33-25-7-2-1-3-8-25/h1-18H,19H2,(H,30,31). The van der Waals surface area contributed by atoms with Crippen LogP contribution in [0.5, 0.6) is 17.2 Å². The van der Waals surface area contributed by atoms with E-state index in [1.54, 1.807) is 42.6 Å². The first kappa shape index (κ1) is 22.1. The predicted molar refractivity (Wildman–Crippen MR) is 132 cm³/mol. The first-order valence-electron chi connectivity index (χ1n) is 10.3. The van der Waals surface area contributed by atoms with Gasteiger partial charge in [-0.1, -0.05) is 35.9 Å². The van der Waals surface area contributed by atoms with E-state index in [0.29, 0.717) is 16.5 Å². The van der Waals surface area contributed by atoms with Crippen molar-refractivity contribution >= 4 is 35.1 Å². The Bertz CT molecular complexity index is 1220. The fourth-order valence-electron chi connectivity index (χ4n) is 2.94. The molecule has 0 radical (unpaired) electrons. The number of carbonyl (C=O) groups excluding carboxylic acids is 1. The average molecular weight is 457 g/mol. The van der Waals surface area contributed by atoms with Crippen LogP contribution in [0, 0.1) is 0 Å². The van der Waals surface area contributed by atoms with Gasteiger partial charge >= 0.3 is 0 Å². The molecule has 4 aromatic carbocycles. The maximum Gasteiger partial charge on any atom is 0.262 e. The minimum atomic E-state index is -0.261. The first-order valence-corrected chi connectivity index (χ1v) is 10.7. The molecule has 5 nitrogen and oxygen atoms in total. The Morgan fingerprint density at radius 1 is 0.818 bits per heavy atom. The monoisotopic (exact) mass is 456 g/mol. The lowest BCUT2D eigenvalue weighted by atomic mass is 10.2. The quantitative estimate of drug-likeness (QED) is 0.293. The van der Waals surface area contributed by atoms with E-state index in [2.05, 4.69) is 10.3 Å². The number of amides is 1. The summed E-state index contributed by atoms with van der Waals surface area (Å²) in [7, 11) is 0. The Labute approximate surface area is 197 Å². The molecule has 0 aliphatic carbocycles. The van der Waals surface area contributed by atoms with Gasteiger partial charge in [0.15, 0.2) is 6.61 Å². The van der Waals surface area contributed by atoms with E-state index >= 15 is 0 Å². The van der Waals surface area contributed by atoms with E-state index in [0.717, 1.165) is 22.7 Å². The molecule has 0 atom stereocenters. The molecule has 0 bridgehead atoms. The largest absolute Gasteiger partial charge is 0.484 e. The van der Waals surface area contributed by atoms with Crippen molar-refractivity contribution in [2.75, 3.05) is 11.9 Å². The van der Waals surface area contributed by atoms with Crippen LogP contribution in [0.2, 0.25) is 5.02 Å². The number of carbonyl (C=O) groups is 1. The van der Waals surface area contributed by atoms with E-state index in [9.17, 15) is 4.79 Å². The number of hydrogen-bond acceptors (Lipinski definition) is 4. The van der Waals surface area contributed by atoms with Gasteiger partial charge in [0.05, 0.1) is 5.69 Å². The van der Waals surface area contributed by atoms with E-state index < -0.39 is 0 Å². The molecule has 0 heterocycles. The highest BCUT2D eigenvalue weighted by Gasteiger charge is 2.04. The highest BCUT2D eigenvalue weighted by atomic mass is 35.5. The maximum absolute atomic E-state index is 12.0. The van der Waals surface area contributed by atoms with Crippen LogP contribution in [-0.4, -0.2) is 18.7 Å². The van der Waals surface area contributed by atoms with Crippen molar-refractivity contribution in [3.63, 3.8) is 0 Å². The smallest absolute Gasteiger partial charge is 0.262 e. The molecule has 4 aromatic rings. The van der Waals surface area contributed by atoms with Gasteiger partial charge in [0, 0.05) is 16.9 Å². The van der Waals surface area contributed by atoms with Crippen molar-refractivity contribution in [3.8, 4) is 17.2 Å². The van der Waals surface area contributed by atoms with Gasteiger partial charge in [-0.2, -0.15) is 0 Å². The minimum Gasteiger partial charge on any atom is -0.484 e. The van der Waals surface area contributed by atoms with E-state index in [1.807, 2.05) is 66.7 Å². The lowest BCUT2D eigenvalue weighted by Crippen LogP contribution is -2.20. The van der Waals surface area contributed by atoms with E-state index in [1.165, 1.54) is 0 Å². The van der Waals surface area contributed by atoms with Gasteiger partial charge in [-0.05, 0) is 84.4 Å². The summed E-state index contributed by atoms with van der Waals surface area (Å²) in [5, 5.41) is 3.30. The van der Waals surface area contributed by atoms with Gasteiger partial charge < -0.3 is 14.8 Å². The van der Waals surface area contributed by atoms with Crippen molar-refractivity contribution in [1.29, 1.82) is 0 Å². The number of ether oxygens (including phenoxy) is 2. The van der Waals surface area contributed by atoms with Gasteiger partial charge in [-0.3, -0.25) is 9.79 Å². The summed E-state index contributed by atoms with van der Waals surface area (Å²) in [4.78, 5) is 16.5. The summed E-state index contributed by atoms with van der Waals surface area (Å²) in [6, 6.07) is 31.5. The topological polar surface area (TPSA) is 59.9 Å². The third-order valence-electron chi connectivity index (χ3n) is 4.54. The van der Waals surface area contributed by atoms with Crippen LogP contribution in [-0.2, 0) is 4.79 Å². The van der Waals surface area contributed by atoms with Crippen LogP contribution in [0.15, 0.2) is 108 Å². The van der Waals surface area contributed by atoms with Crippen molar-refractivity contribution in [1.82, 2.24) is 0 Å². The molecule has 0 saturated carbocycles. The summed E-state index contributed by atoms with van der Waals surface area (Å²) in [6.07, 6.45) is 1.77. The lowest BCUT2D eigenvalue weighted by Gasteiger charge is -2.08. The van der Waals surface area contributed by atoms with Crippen LogP contribution >= 0.6 is 11.6 Å². The second-order valence-corrected chi connectivity index (χ2v) is 7.52. The molecule has 1 N–H and O–H groups in total. The molecule has 0 aliphatic rings. The normalized spacial score (nSPS) is 10.7. The fraction of sp³-hybridized carbons (Fsp3) is 0.0370. The lowest BCUT2D eigenvalue weighted by molar-refractivity contribution is -0.118. The van der Waals surface area contributed by atoms with Crippen LogP contribution < -0.4 is 14.8 Å². The SMILES string of the molecule is O=C(COc1ccc(C=Nc2ccc(Oc3ccccc3)cc2)cc1)Nc1cccc(Cl)c1. The van der Waals surface area contributed by atoms with Crippen molar-refractivity contribution in [3.05, 3.63) is 114 Å². The second-order valence-electron chi connectivity index (χ2n) is 7.08. The molecular weight excluding hydrogens is 436 g/mol. The summed E-state index contributed by atoms with van der Waals surface area (Å²) >= 11 is 5.92. The average Bonchev–Trinajstić information content (AvgIpc) is 2.84. The molecular formula is C27H21ClN2O3.